The van der Waals surface area contributed by atoms with Crippen LogP contribution in [0.3, 0.4) is 0 Å². The van der Waals surface area contributed by atoms with Crippen LogP contribution < -0.4 is 15.6 Å². The summed E-state index contributed by atoms with van der Waals surface area (Å²) in [7, 11) is 1.60. The summed E-state index contributed by atoms with van der Waals surface area (Å²) < 4.78 is 5.17. The lowest BCUT2D eigenvalue weighted by Crippen LogP contribution is -2.25. The summed E-state index contributed by atoms with van der Waals surface area (Å²) >= 11 is 7.28. The van der Waals surface area contributed by atoms with Crippen molar-refractivity contribution < 1.29 is 9.53 Å². The van der Waals surface area contributed by atoms with Crippen molar-refractivity contribution in [3.63, 3.8) is 0 Å². The molecule has 3 aromatic rings. The fourth-order valence-corrected chi connectivity index (χ4v) is 3.56. The lowest BCUT2D eigenvalue weighted by Gasteiger charge is -2.08. The third-order valence-electron chi connectivity index (χ3n) is 4.03. The maximum absolute atomic E-state index is 12.3. The van der Waals surface area contributed by atoms with Gasteiger partial charge in [-0.2, -0.15) is 0 Å². The highest BCUT2D eigenvalue weighted by Crippen LogP contribution is 2.20. The van der Waals surface area contributed by atoms with E-state index in [-0.39, 0.29) is 17.9 Å². The van der Waals surface area contributed by atoms with Crippen molar-refractivity contribution in [3.05, 3.63) is 86.8 Å². The van der Waals surface area contributed by atoms with Crippen LogP contribution >= 0.6 is 23.4 Å². The van der Waals surface area contributed by atoms with Crippen molar-refractivity contribution in [3.8, 4) is 5.75 Å². The summed E-state index contributed by atoms with van der Waals surface area (Å²) in [5.74, 6) is 1.15. The van der Waals surface area contributed by atoms with Crippen LogP contribution in [-0.4, -0.2) is 23.0 Å². The van der Waals surface area contributed by atoms with Crippen molar-refractivity contribution in [1.82, 2.24) is 15.3 Å². The molecule has 0 aliphatic rings. The predicted molar refractivity (Wildman–Crippen MR) is 114 cm³/mol. The van der Waals surface area contributed by atoms with E-state index >= 15 is 0 Å². The van der Waals surface area contributed by atoms with Gasteiger partial charge in [0.25, 0.3) is 5.56 Å². The molecule has 29 heavy (non-hydrogen) atoms. The van der Waals surface area contributed by atoms with E-state index in [0.717, 1.165) is 16.9 Å². The molecule has 1 heterocycles. The second-order valence-corrected chi connectivity index (χ2v) is 7.66. The molecule has 0 fully saturated rings. The monoisotopic (exact) mass is 429 g/mol. The Kier molecular flexibility index (Phi) is 7.32. The molecular weight excluding hydrogens is 410 g/mol. The van der Waals surface area contributed by atoms with Gasteiger partial charge < -0.3 is 15.0 Å². The van der Waals surface area contributed by atoms with Gasteiger partial charge in [-0.1, -0.05) is 47.6 Å². The van der Waals surface area contributed by atoms with Crippen LogP contribution in [0.2, 0.25) is 5.02 Å². The van der Waals surface area contributed by atoms with Crippen LogP contribution in [0.5, 0.6) is 5.75 Å². The Hall–Kier alpha value is -2.77. The van der Waals surface area contributed by atoms with E-state index in [2.05, 4.69) is 15.3 Å². The molecule has 0 saturated heterocycles. The third kappa shape index (κ3) is 6.66. The van der Waals surface area contributed by atoms with E-state index in [1.165, 1.54) is 17.8 Å². The third-order valence-corrected chi connectivity index (χ3v) is 5.22. The zero-order valence-corrected chi connectivity index (χ0v) is 17.3. The van der Waals surface area contributed by atoms with Crippen molar-refractivity contribution in [2.45, 2.75) is 23.9 Å². The first-order valence-corrected chi connectivity index (χ1v) is 10.3. The average molecular weight is 430 g/mol. The first-order chi connectivity index (χ1) is 14.0. The van der Waals surface area contributed by atoms with Gasteiger partial charge >= 0.3 is 0 Å². The fourth-order valence-electron chi connectivity index (χ4n) is 2.58. The topological polar surface area (TPSA) is 84.1 Å². The number of rotatable bonds is 8. The molecule has 1 amide bonds. The average Bonchev–Trinajstić information content (AvgIpc) is 2.71. The van der Waals surface area contributed by atoms with E-state index in [1.807, 2.05) is 48.5 Å². The minimum Gasteiger partial charge on any atom is -0.497 e. The maximum atomic E-state index is 12.3. The molecule has 0 atom stereocenters. The summed E-state index contributed by atoms with van der Waals surface area (Å²) in [5.41, 5.74) is 2.13. The molecule has 0 bridgehead atoms. The molecule has 0 spiro atoms. The summed E-state index contributed by atoms with van der Waals surface area (Å²) in [6.45, 7) is 0.372. The number of carbonyl (C=O) groups is 1. The Bertz CT molecular complexity index is 1040. The maximum Gasteiger partial charge on any atom is 0.251 e. The molecule has 3 rings (SSSR count). The number of halogens is 1. The van der Waals surface area contributed by atoms with Crippen LogP contribution in [0.25, 0.3) is 0 Å². The van der Waals surface area contributed by atoms with E-state index in [9.17, 15) is 9.59 Å². The SMILES string of the molecule is COc1cccc(CNC(=O)Cc2cc(=O)[nH]c(SCc3ccc(Cl)cc3)n2)c1. The van der Waals surface area contributed by atoms with Gasteiger partial charge in [0.05, 0.1) is 19.2 Å². The molecule has 2 N–H and O–H groups in total. The summed E-state index contributed by atoms with van der Waals surface area (Å²) in [6, 6.07) is 16.3. The van der Waals surface area contributed by atoms with Crippen LogP contribution in [0.1, 0.15) is 16.8 Å². The summed E-state index contributed by atoms with van der Waals surface area (Å²) in [6.07, 6.45) is 0.0302. The second kappa shape index (κ2) is 10.1. The Balaban J connectivity index is 1.57. The number of amides is 1. The van der Waals surface area contributed by atoms with E-state index in [0.29, 0.717) is 28.2 Å². The number of H-pyrrole nitrogens is 1. The number of carbonyl (C=O) groups excluding carboxylic acids is 1. The van der Waals surface area contributed by atoms with Crippen molar-refractivity contribution >= 4 is 29.3 Å². The Labute approximate surface area is 177 Å². The molecular formula is C21H20ClN3O3S. The molecule has 8 heteroatoms. The number of benzene rings is 2. The lowest BCUT2D eigenvalue weighted by molar-refractivity contribution is -0.120. The minimum atomic E-state index is -0.283. The highest BCUT2D eigenvalue weighted by Gasteiger charge is 2.09. The standard InChI is InChI=1S/C21H20ClN3O3S/c1-28-18-4-2-3-15(9-18)12-23-19(26)10-17-11-20(27)25-21(24-17)29-13-14-5-7-16(22)8-6-14/h2-9,11H,10,12-13H2,1H3,(H,23,26)(H,24,25,27). The molecule has 0 saturated carbocycles. The Morgan fingerprint density at radius 3 is 2.72 bits per heavy atom. The van der Waals surface area contributed by atoms with Gasteiger partial charge in [0, 0.05) is 23.4 Å². The highest BCUT2D eigenvalue weighted by atomic mass is 35.5. The summed E-state index contributed by atoms with van der Waals surface area (Å²) in [4.78, 5) is 31.3. The zero-order chi connectivity index (χ0) is 20.6. The molecule has 6 nitrogen and oxygen atoms in total. The largest absolute Gasteiger partial charge is 0.497 e. The van der Waals surface area contributed by atoms with Crippen LogP contribution in [-0.2, 0) is 23.5 Å². The number of hydrogen-bond acceptors (Lipinski definition) is 5. The highest BCUT2D eigenvalue weighted by molar-refractivity contribution is 7.98. The smallest absolute Gasteiger partial charge is 0.251 e. The quantitative estimate of drug-likeness (QED) is 0.422. The number of aromatic nitrogens is 2. The Morgan fingerprint density at radius 1 is 1.17 bits per heavy atom. The van der Waals surface area contributed by atoms with Gasteiger partial charge in [-0.3, -0.25) is 9.59 Å². The van der Waals surface area contributed by atoms with Crippen molar-refractivity contribution in [1.29, 1.82) is 0 Å². The van der Waals surface area contributed by atoms with Gasteiger partial charge in [-0.05, 0) is 35.4 Å². The van der Waals surface area contributed by atoms with Gasteiger partial charge in [0.2, 0.25) is 5.91 Å². The fraction of sp³-hybridized carbons (Fsp3) is 0.190. The van der Waals surface area contributed by atoms with Crippen LogP contribution in [0.4, 0.5) is 0 Å². The second-order valence-electron chi connectivity index (χ2n) is 6.26. The number of methoxy groups -OCH3 is 1. The molecule has 0 radical (unpaired) electrons. The van der Waals surface area contributed by atoms with Crippen LogP contribution in [0, 0.1) is 0 Å². The predicted octanol–water partition coefficient (Wildman–Crippen LogP) is 3.58. The Morgan fingerprint density at radius 2 is 1.97 bits per heavy atom. The molecule has 150 valence electrons. The number of aromatic amines is 1. The van der Waals surface area contributed by atoms with Gasteiger partial charge in [-0.25, -0.2) is 4.98 Å². The van der Waals surface area contributed by atoms with Crippen molar-refractivity contribution in [2.24, 2.45) is 0 Å². The first kappa shape index (κ1) is 21.0. The summed E-state index contributed by atoms with van der Waals surface area (Å²) in [5, 5.41) is 3.98. The molecule has 0 aliphatic heterocycles. The van der Waals surface area contributed by atoms with Crippen molar-refractivity contribution in [2.75, 3.05) is 7.11 Å². The van der Waals surface area contributed by atoms with Gasteiger partial charge in [0.1, 0.15) is 5.75 Å². The number of hydrogen-bond donors (Lipinski definition) is 2. The van der Waals surface area contributed by atoms with Gasteiger partial charge in [-0.15, -0.1) is 0 Å². The lowest BCUT2D eigenvalue weighted by atomic mass is 10.2. The number of thioether (sulfide) groups is 1. The van der Waals surface area contributed by atoms with Crippen LogP contribution in [0.15, 0.2) is 64.5 Å². The molecule has 0 aliphatic carbocycles. The number of ether oxygens (including phenoxy) is 1. The first-order valence-electron chi connectivity index (χ1n) is 8.89. The normalized spacial score (nSPS) is 10.6. The van der Waals surface area contributed by atoms with E-state index < -0.39 is 0 Å². The van der Waals surface area contributed by atoms with E-state index in [4.69, 9.17) is 16.3 Å². The number of nitrogens with one attached hydrogen (secondary N) is 2. The number of nitrogens with zero attached hydrogens (tertiary/aromatic N) is 1. The minimum absolute atomic E-state index is 0.0302. The molecule has 1 aromatic heterocycles. The van der Waals surface area contributed by atoms with E-state index in [1.54, 1.807) is 7.11 Å². The zero-order valence-electron chi connectivity index (χ0n) is 15.8. The van der Waals surface area contributed by atoms with Gasteiger partial charge in [0.15, 0.2) is 5.16 Å². The molecule has 2 aromatic carbocycles. The molecule has 0 unspecified atom stereocenters.